The minimum absolute atomic E-state index is 0.0729. The van der Waals surface area contributed by atoms with Crippen molar-refractivity contribution in [2.24, 2.45) is 0 Å². The van der Waals surface area contributed by atoms with E-state index in [0.717, 1.165) is 17.2 Å². The highest BCUT2D eigenvalue weighted by molar-refractivity contribution is 7.98. The molecule has 0 aliphatic carbocycles. The van der Waals surface area contributed by atoms with Crippen LogP contribution in [0.4, 0.5) is 11.5 Å². The Labute approximate surface area is 111 Å². The molecule has 0 saturated heterocycles. The van der Waals surface area contributed by atoms with Gasteiger partial charge in [-0.1, -0.05) is 0 Å². The van der Waals surface area contributed by atoms with Crippen LogP contribution in [0.15, 0.2) is 18.5 Å². The first-order valence-corrected chi connectivity index (χ1v) is 7.05. The highest BCUT2D eigenvalue weighted by Crippen LogP contribution is 2.21. The van der Waals surface area contributed by atoms with Crippen LogP contribution < -0.4 is 5.32 Å². The maximum atomic E-state index is 10.7. The van der Waals surface area contributed by atoms with Crippen molar-refractivity contribution in [3.8, 4) is 0 Å². The zero-order valence-electron chi connectivity index (χ0n) is 9.33. The third-order valence-electron chi connectivity index (χ3n) is 2.13. The summed E-state index contributed by atoms with van der Waals surface area (Å²) in [6, 6.07) is 1.44. The van der Waals surface area contributed by atoms with Crippen LogP contribution in [0.5, 0.6) is 0 Å². The van der Waals surface area contributed by atoms with Crippen molar-refractivity contribution in [2.45, 2.75) is 5.75 Å². The molecule has 0 unspecified atom stereocenters. The van der Waals surface area contributed by atoms with E-state index in [1.54, 1.807) is 24.2 Å². The summed E-state index contributed by atoms with van der Waals surface area (Å²) >= 11 is 2.90. The van der Waals surface area contributed by atoms with Gasteiger partial charge < -0.3 is 10.3 Å². The Hall–Kier alpha value is -1.61. The molecule has 0 bridgehead atoms. The third-order valence-corrected chi connectivity index (χ3v) is 3.64. The fourth-order valence-electron chi connectivity index (χ4n) is 1.33. The number of aromatic nitrogens is 3. The zero-order valence-corrected chi connectivity index (χ0v) is 11.0. The Bertz CT molecular complexity index is 499. The maximum Gasteiger partial charge on any atom is 0.310 e. The summed E-state index contributed by atoms with van der Waals surface area (Å²) in [5.74, 6) is 2.11. The highest BCUT2D eigenvalue weighted by Gasteiger charge is 2.13. The molecule has 0 saturated carbocycles. The first-order chi connectivity index (χ1) is 8.77. The smallest absolute Gasteiger partial charge is 0.310 e. The summed E-state index contributed by atoms with van der Waals surface area (Å²) in [7, 11) is 0. The predicted molar refractivity (Wildman–Crippen MR) is 72.0 cm³/mol. The number of anilines is 1. The fraction of sp³-hybridized carbons (Fsp3) is 0.333. The number of hydrogen-bond acceptors (Lipinski definition) is 7. The number of hydrogen-bond donors (Lipinski definition) is 2. The van der Waals surface area contributed by atoms with Gasteiger partial charge in [-0.3, -0.25) is 10.1 Å². The molecule has 96 valence electrons. The van der Waals surface area contributed by atoms with Gasteiger partial charge in [0.1, 0.15) is 0 Å². The van der Waals surface area contributed by atoms with Gasteiger partial charge in [0.25, 0.3) is 0 Å². The molecule has 0 atom stereocenters. The number of rotatable bonds is 7. The summed E-state index contributed by atoms with van der Waals surface area (Å²) in [4.78, 5) is 13.1. The van der Waals surface area contributed by atoms with Gasteiger partial charge >= 0.3 is 5.69 Å². The van der Waals surface area contributed by atoms with Crippen molar-refractivity contribution in [1.82, 2.24) is 13.7 Å². The molecule has 2 aromatic heterocycles. The molecule has 2 heterocycles. The molecule has 0 aliphatic rings. The van der Waals surface area contributed by atoms with Gasteiger partial charge in [0.15, 0.2) is 5.82 Å². The standard InChI is InChI=1S/C9H11N5O2S2/c15-14(16)8-1-2-10-9(8)11-3-4-17-6-7-5-12-18-13-7/h1-2,5,10-11H,3-4,6H2. The van der Waals surface area contributed by atoms with Crippen LogP contribution in [0.1, 0.15) is 5.69 Å². The summed E-state index contributed by atoms with van der Waals surface area (Å²) < 4.78 is 8.01. The molecule has 0 aromatic carbocycles. The Morgan fingerprint density at radius 3 is 3.22 bits per heavy atom. The summed E-state index contributed by atoms with van der Waals surface area (Å²) in [5.41, 5.74) is 1.04. The van der Waals surface area contributed by atoms with E-state index >= 15 is 0 Å². The second-order valence-electron chi connectivity index (χ2n) is 3.37. The molecular formula is C9H11N5O2S2. The van der Waals surface area contributed by atoms with Crippen molar-refractivity contribution < 1.29 is 4.92 Å². The summed E-state index contributed by atoms with van der Waals surface area (Å²) in [6.45, 7) is 0.656. The van der Waals surface area contributed by atoms with Crippen LogP contribution in [-0.4, -0.2) is 31.0 Å². The quantitative estimate of drug-likeness (QED) is 0.459. The minimum atomic E-state index is -0.410. The van der Waals surface area contributed by atoms with Crippen LogP contribution >= 0.6 is 23.5 Å². The number of thioether (sulfide) groups is 1. The van der Waals surface area contributed by atoms with Gasteiger partial charge in [-0.25, -0.2) is 0 Å². The van der Waals surface area contributed by atoms with Crippen LogP contribution in [0.3, 0.4) is 0 Å². The number of nitro groups is 1. The lowest BCUT2D eigenvalue weighted by molar-refractivity contribution is -0.383. The molecule has 0 radical (unpaired) electrons. The maximum absolute atomic E-state index is 10.7. The van der Waals surface area contributed by atoms with Crippen LogP contribution in [0.2, 0.25) is 0 Å². The van der Waals surface area contributed by atoms with Crippen molar-refractivity contribution >= 4 is 35.0 Å². The Kier molecular flexibility index (Phi) is 4.53. The fourth-order valence-corrected chi connectivity index (χ4v) is 2.58. The van der Waals surface area contributed by atoms with E-state index in [1.165, 1.54) is 17.8 Å². The SMILES string of the molecule is O=[N+]([O-])c1cc[nH]c1NCCSCc1cnsn1. The lowest BCUT2D eigenvalue weighted by Gasteiger charge is -2.03. The average Bonchev–Trinajstić information content (AvgIpc) is 2.98. The van der Waals surface area contributed by atoms with Crippen LogP contribution in [0.25, 0.3) is 0 Å². The largest absolute Gasteiger partial charge is 0.365 e. The molecule has 0 spiro atoms. The van der Waals surface area contributed by atoms with Gasteiger partial charge in [-0.15, -0.1) is 0 Å². The second kappa shape index (κ2) is 6.36. The topological polar surface area (TPSA) is 96.7 Å². The molecule has 18 heavy (non-hydrogen) atoms. The van der Waals surface area contributed by atoms with Gasteiger partial charge in [0.05, 0.1) is 28.5 Å². The molecule has 7 nitrogen and oxygen atoms in total. The molecule has 9 heteroatoms. The number of nitrogens with zero attached hydrogens (tertiary/aromatic N) is 3. The lowest BCUT2D eigenvalue weighted by Crippen LogP contribution is -2.06. The number of aromatic amines is 1. The zero-order chi connectivity index (χ0) is 12.8. The van der Waals surface area contributed by atoms with Crippen molar-refractivity contribution in [3.63, 3.8) is 0 Å². The first-order valence-electron chi connectivity index (χ1n) is 5.17. The van der Waals surface area contributed by atoms with Gasteiger partial charge in [-0.05, 0) is 0 Å². The molecule has 2 rings (SSSR count). The molecular weight excluding hydrogens is 274 g/mol. The molecule has 0 amide bonds. The summed E-state index contributed by atoms with van der Waals surface area (Å²) in [5, 5.41) is 13.7. The molecule has 0 fully saturated rings. The van der Waals surface area contributed by atoms with E-state index in [1.807, 2.05) is 0 Å². The van der Waals surface area contributed by atoms with E-state index in [2.05, 4.69) is 19.0 Å². The predicted octanol–water partition coefficient (Wildman–Crippen LogP) is 2.12. The van der Waals surface area contributed by atoms with Crippen LogP contribution in [0, 0.1) is 10.1 Å². The Morgan fingerprint density at radius 1 is 1.61 bits per heavy atom. The first kappa shape index (κ1) is 12.8. The third kappa shape index (κ3) is 3.44. The molecule has 2 aromatic rings. The summed E-state index contributed by atoms with van der Waals surface area (Å²) in [6.07, 6.45) is 3.30. The Balaban J connectivity index is 1.69. The van der Waals surface area contributed by atoms with Crippen molar-refractivity contribution in [1.29, 1.82) is 0 Å². The molecule has 2 N–H and O–H groups in total. The average molecular weight is 285 g/mol. The monoisotopic (exact) mass is 285 g/mol. The van der Waals surface area contributed by atoms with E-state index in [4.69, 9.17) is 0 Å². The van der Waals surface area contributed by atoms with E-state index in [-0.39, 0.29) is 5.69 Å². The van der Waals surface area contributed by atoms with Gasteiger partial charge in [-0.2, -0.15) is 20.5 Å². The molecule has 0 aliphatic heterocycles. The van der Waals surface area contributed by atoms with Gasteiger partial charge in [0, 0.05) is 30.3 Å². The highest BCUT2D eigenvalue weighted by atomic mass is 32.2. The van der Waals surface area contributed by atoms with E-state index < -0.39 is 4.92 Å². The lowest BCUT2D eigenvalue weighted by atomic mass is 10.5. The van der Waals surface area contributed by atoms with E-state index in [0.29, 0.717) is 12.4 Å². The minimum Gasteiger partial charge on any atom is -0.365 e. The number of nitrogens with one attached hydrogen (secondary N) is 2. The van der Waals surface area contributed by atoms with Crippen molar-refractivity contribution in [3.05, 3.63) is 34.3 Å². The van der Waals surface area contributed by atoms with Crippen LogP contribution in [-0.2, 0) is 5.75 Å². The Morgan fingerprint density at radius 2 is 2.50 bits per heavy atom. The van der Waals surface area contributed by atoms with Gasteiger partial charge in [0.2, 0.25) is 0 Å². The second-order valence-corrected chi connectivity index (χ2v) is 5.04. The van der Waals surface area contributed by atoms with E-state index in [9.17, 15) is 10.1 Å². The van der Waals surface area contributed by atoms with Crippen molar-refractivity contribution in [2.75, 3.05) is 17.6 Å². The normalized spacial score (nSPS) is 10.4. The number of H-pyrrole nitrogens is 1.